The van der Waals surface area contributed by atoms with Crippen LogP contribution in [0.1, 0.15) is 25.0 Å². The molecule has 0 fully saturated rings. The van der Waals surface area contributed by atoms with E-state index in [1.165, 1.54) is 22.4 Å². The van der Waals surface area contributed by atoms with Gasteiger partial charge in [-0.3, -0.25) is 4.99 Å². The molecule has 0 atom stereocenters. The van der Waals surface area contributed by atoms with Crippen LogP contribution in [0.15, 0.2) is 96.0 Å². The van der Waals surface area contributed by atoms with Crippen molar-refractivity contribution >= 4 is 22.7 Å². The Morgan fingerprint density at radius 3 is 2.04 bits per heavy atom. The smallest absolute Gasteiger partial charge is 0.0765 e. The van der Waals surface area contributed by atoms with Gasteiger partial charge < -0.3 is 4.90 Å². The summed E-state index contributed by atoms with van der Waals surface area (Å²) in [6.45, 7) is 4.46. The highest BCUT2D eigenvalue weighted by atomic mass is 15.2. The van der Waals surface area contributed by atoms with Gasteiger partial charge in [-0.15, -0.1) is 0 Å². The molecule has 1 aliphatic rings. The largest absolute Gasteiger partial charge is 0.363 e. The summed E-state index contributed by atoms with van der Waals surface area (Å²) >= 11 is 0. The fourth-order valence-corrected chi connectivity index (χ4v) is 3.53. The molecule has 0 radical (unpaired) electrons. The number of hydrogen-bond donors (Lipinski definition) is 0. The normalized spacial score (nSPS) is 17.2. The highest BCUT2D eigenvalue weighted by Gasteiger charge is 2.33. The van der Waals surface area contributed by atoms with Crippen molar-refractivity contribution in [1.29, 1.82) is 0 Å². The lowest BCUT2D eigenvalue weighted by atomic mass is 9.93. The van der Waals surface area contributed by atoms with E-state index in [0.29, 0.717) is 0 Å². The summed E-state index contributed by atoms with van der Waals surface area (Å²) in [5.74, 6) is 0. The average Bonchev–Trinajstić information content (AvgIpc) is 2.79. The third-order valence-electron chi connectivity index (χ3n) is 5.39. The number of hydrogen-bond acceptors (Lipinski definition) is 2. The van der Waals surface area contributed by atoms with Crippen LogP contribution in [0, 0.1) is 0 Å². The van der Waals surface area contributed by atoms with E-state index in [1.807, 2.05) is 18.2 Å². The number of para-hydroxylation sites is 2. The maximum Gasteiger partial charge on any atom is 0.0765 e. The quantitative estimate of drug-likeness (QED) is 0.542. The fourth-order valence-electron chi connectivity index (χ4n) is 3.53. The predicted octanol–water partition coefficient (Wildman–Crippen LogP) is 6.12. The monoisotopic (exact) mass is 352 g/mol. The second-order valence-electron chi connectivity index (χ2n) is 7.39. The van der Waals surface area contributed by atoms with Crippen molar-refractivity contribution in [3.63, 3.8) is 0 Å². The van der Waals surface area contributed by atoms with Gasteiger partial charge in [0.05, 0.1) is 16.9 Å². The highest BCUT2D eigenvalue weighted by molar-refractivity contribution is 6.13. The Labute approximate surface area is 161 Å². The van der Waals surface area contributed by atoms with Gasteiger partial charge in [-0.1, -0.05) is 66.7 Å². The van der Waals surface area contributed by atoms with Gasteiger partial charge >= 0.3 is 0 Å². The van der Waals surface area contributed by atoms with Crippen LogP contribution in [0.4, 0.5) is 11.4 Å². The molecule has 0 aromatic heterocycles. The first kappa shape index (κ1) is 17.3. The first-order valence-corrected chi connectivity index (χ1v) is 9.32. The minimum atomic E-state index is -0.248. The summed E-state index contributed by atoms with van der Waals surface area (Å²) in [5.41, 5.74) is 6.64. The van der Waals surface area contributed by atoms with Gasteiger partial charge in [-0.05, 0) is 49.3 Å². The predicted molar refractivity (Wildman–Crippen MR) is 116 cm³/mol. The third-order valence-corrected chi connectivity index (χ3v) is 5.39. The molecule has 1 heterocycles. The van der Waals surface area contributed by atoms with Crippen LogP contribution < -0.4 is 4.90 Å². The summed E-state index contributed by atoms with van der Waals surface area (Å²) < 4.78 is 0. The molecule has 0 saturated heterocycles. The van der Waals surface area contributed by atoms with Crippen LogP contribution in [0.25, 0.3) is 5.57 Å². The Kier molecular flexibility index (Phi) is 4.41. The molecule has 4 rings (SSSR count). The third kappa shape index (κ3) is 3.19. The molecule has 0 amide bonds. The van der Waals surface area contributed by atoms with Gasteiger partial charge in [0.1, 0.15) is 0 Å². The first-order valence-electron chi connectivity index (χ1n) is 9.32. The zero-order valence-corrected chi connectivity index (χ0v) is 16.1. The Morgan fingerprint density at radius 2 is 1.33 bits per heavy atom. The molecule has 0 spiro atoms. The first-order chi connectivity index (χ1) is 13.1. The van der Waals surface area contributed by atoms with Crippen LogP contribution in [0.2, 0.25) is 0 Å². The summed E-state index contributed by atoms with van der Waals surface area (Å²) in [6, 6.07) is 29.4. The molecule has 134 valence electrons. The van der Waals surface area contributed by atoms with Crippen LogP contribution in [-0.4, -0.2) is 18.3 Å². The Morgan fingerprint density at radius 1 is 0.741 bits per heavy atom. The van der Waals surface area contributed by atoms with E-state index >= 15 is 0 Å². The number of nitrogens with zero attached hydrogens (tertiary/aromatic N) is 2. The Balaban J connectivity index is 1.99. The molecule has 2 heteroatoms. The number of fused-ring (bicyclic) bond motifs is 1. The maximum absolute atomic E-state index is 5.04. The molecule has 0 bridgehead atoms. The van der Waals surface area contributed by atoms with Crippen molar-refractivity contribution in [2.24, 2.45) is 4.99 Å². The van der Waals surface area contributed by atoms with E-state index in [-0.39, 0.29) is 5.54 Å². The van der Waals surface area contributed by atoms with E-state index in [4.69, 9.17) is 4.99 Å². The van der Waals surface area contributed by atoms with Gasteiger partial charge in [0.15, 0.2) is 0 Å². The van der Waals surface area contributed by atoms with Crippen LogP contribution >= 0.6 is 0 Å². The molecule has 0 N–H and O–H groups in total. The molecular formula is C25H24N2. The minimum absolute atomic E-state index is 0.248. The zero-order chi connectivity index (χ0) is 18.9. The van der Waals surface area contributed by atoms with Crippen LogP contribution in [0.5, 0.6) is 0 Å². The number of benzene rings is 3. The summed E-state index contributed by atoms with van der Waals surface area (Å²) in [4.78, 5) is 7.37. The SMILES string of the molecule is CN1c2ccccc2C(c2ccccc2)=CC(=Nc2ccccc2)C1(C)C. The van der Waals surface area contributed by atoms with Gasteiger partial charge in [0.25, 0.3) is 0 Å². The lowest BCUT2D eigenvalue weighted by molar-refractivity contribution is 0.645. The molecule has 27 heavy (non-hydrogen) atoms. The minimum Gasteiger partial charge on any atom is -0.363 e. The van der Waals surface area contributed by atoms with Crippen molar-refractivity contribution in [3.8, 4) is 0 Å². The topological polar surface area (TPSA) is 15.6 Å². The molecule has 0 aliphatic carbocycles. The average molecular weight is 352 g/mol. The molecule has 0 saturated carbocycles. The second kappa shape index (κ2) is 6.88. The van der Waals surface area contributed by atoms with E-state index in [9.17, 15) is 0 Å². The molecular weight excluding hydrogens is 328 g/mol. The van der Waals surface area contributed by atoms with Crippen molar-refractivity contribution < 1.29 is 0 Å². The van der Waals surface area contributed by atoms with E-state index < -0.39 is 0 Å². The van der Waals surface area contributed by atoms with E-state index in [2.05, 4.69) is 98.6 Å². The molecule has 1 aliphatic heterocycles. The van der Waals surface area contributed by atoms with Crippen LogP contribution in [-0.2, 0) is 0 Å². The van der Waals surface area contributed by atoms with Crippen LogP contribution in [0.3, 0.4) is 0 Å². The van der Waals surface area contributed by atoms with E-state index in [1.54, 1.807) is 0 Å². The Bertz CT molecular complexity index is 999. The molecule has 3 aromatic rings. The lowest BCUT2D eigenvalue weighted by Gasteiger charge is -2.37. The zero-order valence-electron chi connectivity index (χ0n) is 16.1. The number of anilines is 1. The molecule has 3 aromatic carbocycles. The fraction of sp³-hybridized carbons (Fsp3) is 0.160. The van der Waals surface area contributed by atoms with Crippen molar-refractivity contribution in [2.45, 2.75) is 19.4 Å². The summed E-state index contributed by atoms with van der Waals surface area (Å²) in [7, 11) is 2.15. The van der Waals surface area contributed by atoms with Gasteiger partial charge in [-0.25, -0.2) is 0 Å². The highest BCUT2D eigenvalue weighted by Crippen LogP contribution is 2.38. The van der Waals surface area contributed by atoms with Crippen molar-refractivity contribution in [3.05, 3.63) is 102 Å². The van der Waals surface area contributed by atoms with Crippen molar-refractivity contribution in [1.82, 2.24) is 0 Å². The maximum atomic E-state index is 5.04. The standard InChI is InChI=1S/C25H24N2/c1-25(2)24(26-20-14-8-5-9-15-20)18-22(19-12-6-4-7-13-19)21-16-10-11-17-23(21)27(25)3/h4-18H,1-3H3. The second-order valence-corrected chi connectivity index (χ2v) is 7.39. The lowest BCUT2D eigenvalue weighted by Crippen LogP contribution is -2.47. The van der Waals surface area contributed by atoms with Gasteiger partial charge in [0.2, 0.25) is 0 Å². The number of rotatable bonds is 2. The molecule has 0 unspecified atom stereocenters. The number of aliphatic imine (C=N–C) groups is 1. The summed E-state index contributed by atoms with van der Waals surface area (Å²) in [6.07, 6.45) is 2.25. The molecule has 2 nitrogen and oxygen atoms in total. The van der Waals surface area contributed by atoms with Crippen molar-refractivity contribution in [2.75, 3.05) is 11.9 Å². The van der Waals surface area contributed by atoms with Gasteiger partial charge in [-0.2, -0.15) is 0 Å². The summed E-state index contributed by atoms with van der Waals surface area (Å²) in [5, 5.41) is 0. The van der Waals surface area contributed by atoms with E-state index in [0.717, 1.165) is 11.4 Å². The van der Waals surface area contributed by atoms with Gasteiger partial charge in [0, 0.05) is 18.3 Å². The Hall–Kier alpha value is -3.13.